The fourth-order valence-electron chi connectivity index (χ4n) is 1.24. The van der Waals surface area contributed by atoms with Crippen LogP contribution in [-0.4, -0.2) is 17.4 Å². The molecule has 18 heavy (non-hydrogen) atoms. The number of pyridine rings is 1. The third-order valence-corrected chi connectivity index (χ3v) is 2.16. The van der Waals surface area contributed by atoms with Crippen LogP contribution in [0.5, 0.6) is 0 Å². The minimum absolute atomic E-state index is 0.0689. The third-order valence-electron chi connectivity index (χ3n) is 2.16. The molecule has 0 unspecified atom stereocenters. The molecule has 5 nitrogen and oxygen atoms in total. The first-order chi connectivity index (χ1) is 8.77. The van der Waals surface area contributed by atoms with Gasteiger partial charge in [-0.2, -0.15) is 5.26 Å². The highest BCUT2D eigenvalue weighted by atomic mass is 16.1. The molecule has 0 aromatic carbocycles. The number of aromatic nitrogens is 1. The monoisotopic (exact) mass is 244 g/mol. The lowest BCUT2D eigenvalue weighted by Gasteiger charge is -2.03. The van der Waals surface area contributed by atoms with Gasteiger partial charge in [-0.05, 0) is 18.6 Å². The van der Waals surface area contributed by atoms with Crippen LogP contribution in [0.3, 0.4) is 0 Å². The molecule has 0 spiro atoms. The quantitative estimate of drug-likeness (QED) is 0.580. The number of nitriles is 1. The minimum Gasteiger partial charge on any atom is -0.384 e. The van der Waals surface area contributed by atoms with E-state index < -0.39 is 0 Å². The summed E-state index contributed by atoms with van der Waals surface area (Å²) < 4.78 is 0. The van der Waals surface area contributed by atoms with E-state index in [2.05, 4.69) is 15.6 Å². The highest BCUT2D eigenvalue weighted by Crippen LogP contribution is 1.94. The normalized spacial score (nSPS) is 10.6. The molecule has 1 rings (SSSR count). The molecule has 1 amide bonds. The van der Waals surface area contributed by atoms with Gasteiger partial charge in [0.15, 0.2) is 0 Å². The Morgan fingerprint density at radius 3 is 3.00 bits per heavy atom. The van der Waals surface area contributed by atoms with Crippen molar-refractivity contribution in [2.45, 2.75) is 19.9 Å². The van der Waals surface area contributed by atoms with Crippen LogP contribution in [0.25, 0.3) is 0 Å². The molecule has 0 aliphatic carbocycles. The molecule has 0 aliphatic heterocycles. The van der Waals surface area contributed by atoms with E-state index in [-0.39, 0.29) is 11.5 Å². The summed E-state index contributed by atoms with van der Waals surface area (Å²) in [5.41, 5.74) is 0.916. The van der Waals surface area contributed by atoms with Gasteiger partial charge in [0.1, 0.15) is 11.6 Å². The summed E-state index contributed by atoms with van der Waals surface area (Å²) in [5.74, 6) is -0.354. The summed E-state index contributed by atoms with van der Waals surface area (Å²) in [4.78, 5) is 15.6. The van der Waals surface area contributed by atoms with E-state index in [4.69, 9.17) is 5.26 Å². The Labute approximate surface area is 107 Å². The Morgan fingerprint density at radius 1 is 1.56 bits per heavy atom. The predicted molar refractivity (Wildman–Crippen MR) is 68.1 cm³/mol. The van der Waals surface area contributed by atoms with E-state index in [1.807, 2.05) is 31.2 Å². The third kappa shape index (κ3) is 4.66. The lowest BCUT2D eigenvalue weighted by atomic mass is 10.3. The summed E-state index contributed by atoms with van der Waals surface area (Å²) in [6.07, 6.45) is 3.95. The van der Waals surface area contributed by atoms with Crippen molar-refractivity contribution in [3.05, 3.63) is 41.9 Å². The first kappa shape index (κ1) is 13.7. The van der Waals surface area contributed by atoms with E-state index >= 15 is 0 Å². The molecule has 0 bridgehead atoms. The van der Waals surface area contributed by atoms with Crippen molar-refractivity contribution in [3.8, 4) is 6.07 Å². The summed E-state index contributed by atoms with van der Waals surface area (Å²) in [7, 11) is 0. The molecule has 0 aliphatic rings. The Morgan fingerprint density at radius 2 is 2.39 bits per heavy atom. The average molecular weight is 244 g/mol. The van der Waals surface area contributed by atoms with Crippen LogP contribution in [-0.2, 0) is 11.3 Å². The van der Waals surface area contributed by atoms with Gasteiger partial charge in [-0.3, -0.25) is 9.78 Å². The van der Waals surface area contributed by atoms with Crippen molar-refractivity contribution < 1.29 is 4.79 Å². The molecule has 94 valence electrons. The van der Waals surface area contributed by atoms with Gasteiger partial charge < -0.3 is 10.6 Å². The van der Waals surface area contributed by atoms with Crippen LogP contribution in [0.1, 0.15) is 19.0 Å². The number of nitrogens with zero attached hydrogens (tertiary/aromatic N) is 2. The van der Waals surface area contributed by atoms with Crippen LogP contribution in [0.2, 0.25) is 0 Å². The summed E-state index contributed by atoms with van der Waals surface area (Å²) in [5, 5.41) is 14.4. The lowest BCUT2D eigenvalue weighted by Crippen LogP contribution is -2.26. The highest BCUT2D eigenvalue weighted by Gasteiger charge is 2.06. The number of rotatable bonds is 6. The first-order valence-corrected chi connectivity index (χ1v) is 5.79. The van der Waals surface area contributed by atoms with Crippen molar-refractivity contribution in [1.82, 2.24) is 15.6 Å². The van der Waals surface area contributed by atoms with Gasteiger partial charge >= 0.3 is 0 Å². The van der Waals surface area contributed by atoms with Gasteiger partial charge in [0.05, 0.1) is 12.2 Å². The fraction of sp³-hybridized carbons (Fsp3) is 0.308. The molecule has 0 atom stereocenters. The van der Waals surface area contributed by atoms with Gasteiger partial charge in [0, 0.05) is 18.9 Å². The van der Waals surface area contributed by atoms with E-state index in [0.717, 1.165) is 12.1 Å². The molecule has 0 radical (unpaired) electrons. The minimum atomic E-state index is -0.354. The van der Waals surface area contributed by atoms with E-state index in [9.17, 15) is 4.79 Å². The number of amides is 1. The Hall–Kier alpha value is -2.35. The largest absolute Gasteiger partial charge is 0.384 e. The summed E-state index contributed by atoms with van der Waals surface area (Å²) in [6, 6.07) is 7.44. The van der Waals surface area contributed by atoms with Crippen LogP contribution in [0.4, 0.5) is 0 Å². The molecule has 1 heterocycles. The standard InChI is InChI=1S/C13H16N4O/c1-2-6-17-13(18)11(8-14)9-15-10-12-5-3-4-7-16-12/h3-5,7,9,15H,2,6,10H2,1H3,(H,17,18)/b11-9-. The fourth-order valence-corrected chi connectivity index (χ4v) is 1.24. The smallest absolute Gasteiger partial charge is 0.263 e. The zero-order valence-corrected chi connectivity index (χ0v) is 10.3. The second kappa shape index (κ2) is 7.85. The molecule has 1 aromatic heterocycles. The van der Waals surface area contributed by atoms with E-state index in [1.54, 1.807) is 6.20 Å². The SMILES string of the molecule is CCCNC(=O)/C(C#N)=C\NCc1ccccn1. The molecule has 0 fully saturated rings. The zero-order chi connectivity index (χ0) is 13.2. The van der Waals surface area contributed by atoms with Crippen LogP contribution in [0, 0.1) is 11.3 Å². The maximum Gasteiger partial charge on any atom is 0.263 e. The topological polar surface area (TPSA) is 77.8 Å². The molecule has 0 saturated heterocycles. The number of carbonyl (C=O) groups is 1. The molecular formula is C13H16N4O. The second-order valence-electron chi connectivity index (χ2n) is 3.63. The predicted octanol–water partition coefficient (Wildman–Crippen LogP) is 1.10. The van der Waals surface area contributed by atoms with Crippen molar-refractivity contribution in [2.24, 2.45) is 0 Å². The van der Waals surface area contributed by atoms with Gasteiger partial charge in [0.2, 0.25) is 0 Å². The number of carbonyl (C=O) groups excluding carboxylic acids is 1. The second-order valence-corrected chi connectivity index (χ2v) is 3.63. The number of hydrogen-bond acceptors (Lipinski definition) is 4. The van der Waals surface area contributed by atoms with Crippen molar-refractivity contribution >= 4 is 5.91 Å². The maximum atomic E-state index is 11.5. The Bertz CT molecular complexity index is 448. The first-order valence-electron chi connectivity index (χ1n) is 5.79. The molecule has 5 heteroatoms. The van der Waals surface area contributed by atoms with Crippen LogP contribution >= 0.6 is 0 Å². The molecular weight excluding hydrogens is 228 g/mol. The zero-order valence-electron chi connectivity index (χ0n) is 10.3. The maximum absolute atomic E-state index is 11.5. The number of nitrogens with one attached hydrogen (secondary N) is 2. The molecule has 2 N–H and O–H groups in total. The van der Waals surface area contributed by atoms with Gasteiger partial charge in [-0.25, -0.2) is 0 Å². The van der Waals surface area contributed by atoms with Crippen molar-refractivity contribution in [3.63, 3.8) is 0 Å². The molecule has 0 saturated carbocycles. The number of hydrogen-bond donors (Lipinski definition) is 2. The highest BCUT2D eigenvalue weighted by molar-refractivity contribution is 5.97. The van der Waals surface area contributed by atoms with Gasteiger partial charge in [-0.1, -0.05) is 13.0 Å². The summed E-state index contributed by atoms with van der Waals surface area (Å²) >= 11 is 0. The Balaban J connectivity index is 2.48. The average Bonchev–Trinajstić information content (AvgIpc) is 2.42. The van der Waals surface area contributed by atoms with Crippen LogP contribution in [0.15, 0.2) is 36.2 Å². The van der Waals surface area contributed by atoms with Crippen LogP contribution < -0.4 is 10.6 Å². The van der Waals surface area contributed by atoms with E-state index in [1.165, 1.54) is 6.20 Å². The van der Waals surface area contributed by atoms with Gasteiger partial charge in [-0.15, -0.1) is 0 Å². The van der Waals surface area contributed by atoms with Gasteiger partial charge in [0.25, 0.3) is 5.91 Å². The van der Waals surface area contributed by atoms with E-state index in [0.29, 0.717) is 13.1 Å². The van der Waals surface area contributed by atoms with Crippen molar-refractivity contribution in [1.29, 1.82) is 5.26 Å². The molecule has 1 aromatic rings. The Kier molecular flexibility index (Phi) is 5.98. The van der Waals surface area contributed by atoms with Crippen molar-refractivity contribution in [2.75, 3.05) is 6.54 Å². The lowest BCUT2D eigenvalue weighted by molar-refractivity contribution is -0.117. The summed E-state index contributed by atoms with van der Waals surface area (Å²) in [6.45, 7) is 3.00.